The van der Waals surface area contributed by atoms with Crippen molar-refractivity contribution in [3.8, 4) is 24.7 Å². The van der Waals surface area contributed by atoms with E-state index in [1.54, 1.807) is 12.3 Å². The first-order valence-corrected chi connectivity index (χ1v) is 14.6. The van der Waals surface area contributed by atoms with Crippen LogP contribution in [0.5, 0.6) is 0 Å². The van der Waals surface area contributed by atoms with Crippen LogP contribution in [-0.2, 0) is 14.2 Å². The number of aliphatic imine (C=N–C) groups is 1. The number of nitrogens with zero attached hydrogens (tertiary/aromatic N) is 1. The molecule has 2 aliphatic rings. The van der Waals surface area contributed by atoms with E-state index in [0.29, 0.717) is 19.3 Å². The fourth-order valence-electron chi connectivity index (χ4n) is 3.85. The molecule has 1 aromatic carbocycles. The molecule has 1 radical (unpaired) electrons. The second-order valence-electron chi connectivity index (χ2n) is 10.3. The molecule has 0 bridgehead atoms. The summed E-state index contributed by atoms with van der Waals surface area (Å²) in [6.07, 6.45) is 26.5. The smallest absolute Gasteiger partial charge is 0.268 e. The number of benzene rings is 1. The molecule has 1 fully saturated rings. The summed E-state index contributed by atoms with van der Waals surface area (Å²) in [6, 6.07) is 6.24. The minimum absolute atomic E-state index is 0.184. The van der Waals surface area contributed by atoms with E-state index in [-0.39, 0.29) is 17.9 Å². The quantitative estimate of drug-likeness (QED) is 0.0922. The van der Waals surface area contributed by atoms with E-state index in [1.165, 1.54) is 31.3 Å². The Balaban J connectivity index is 0.000000673. The van der Waals surface area contributed by atoms with Gasteiger partial charge in [-0.2, -0.15) is 0 Å². The first kappa shape index (κ1) is 35.0. The van der Waals surface area contributed by atoms with Gasteiger partial charge < -0.3 is 14.2 Å². The lowest BCUT2D eigenvalue weighted by atomic mass is 9.88. The molecule has 4 nitrogen and oxygen atoms in total. The van der Waals surface area contributed by atoms with Gasteiger partial charge in [-0.05, 0) is 88.5 Å². The molecule has 1 saturated heterocycles. The van der Waals surface area contributed by atoms with Crippen molar-refractivity contribution in [2.75, 3.05) is 19.8 Å². The number of aryl methyl sites for hydroxylation is 2. The van der Waals surface area contributed by atoms with Gasteiger partial charge in [-0.3, -0.25) is 0 Å². The van der Waals surface area contributed by atoms with Gasteiger partial charge in [-0.15, -0.1) is 12.8 Å². The zero-order valence-electron chi connectivity index (χ0n) is 25.7. The predicted octanol–water partition coefficient (Wildman–Crippen LogP) is 8.46. The molecule has 0 spiro atoms. The standard InChI is InChI=1S/C27H30NO2.C6H12O.C3H8/c1-7-25(26-18-20(3)11-12-21(26)4)22(5)15-16-28-27(8-2)30-23(6)19-29-17-9-10-24-13-14-24;1-6-4-2-3-5-7-6;1-3-2/h1-2,11-16,18,23,25H,5,9-10,17,19H2,3-4,6H3;6H,2-5H2,1H3;3H2,1-2H3/b16-15-,28-27?;;/t23-,25?;;/m1../s1. The lowest BCUT2D eigenvalue weighted by Crippen LogP contribution is -2.19. The first-order valence-electron chi connectivity index (χ1n) is 14.6. The van der Waals surface area contributed by atoms with Crippen LogP contribution in [0.15, 0.2) is 59.3 Å². The van der Waals surface area contributed by atoms with Gasteiger partial charge in [0, 0.05) is 25.8 Å². The normalized spacial score (nSPS) is 17.6. The fraction of sp³-hybridized carbons (Fsp3) is 0.500. The Morgan fingerprint density at radius 2 is 1.98 bits per heavy atom. The largest absolute Gasteiger partial charge is 0.466 e. The molecule has 4 heteroatoms. The highest BCUT2D eigenvalue weighted by Crippen LogP contribution is 2.27. The molecule has 217 valence electrons. The molecular weight excluding hydrogens is 494 g/mol. The van der Waals surface area contributed by atoms with Gasteiger partial charge in [0.25, 0.3) is 5.90 Å². The second kappa shape index (κ2) is 20.8. The maximum atomic E-state index is 5.78. The fourth-order valence-corrected chi connectivity index (χ4v) is 3.85. The second-order valence-corrected chi connectivity index (χ2v) is 10.3. The minimum atomic E-state index is -0.220. The number of terminal acetylenes is 2. The third-order valence-electron chi connectivity index (χ3n) is 6.12. The molecule has 0 amide bonds. The predicted molar refractivity (Wildman–Crippen MR) is 170 cm³/mol. The van der Waals surface area contributed by atoms with Crippen molar-refractivity contribution in [3.63, 3.8) is 0 Å². The SMILES string of the molecule is C#CC(=N/C=C\C(=C)C(C#C)c1cc(C)ccc1C)O[C@H](C)COCCCC1=C[CH]1.CC1CCCCO1.CCC. The molecule has 3 rings (SSSR count). The van der Waals surface area contributed by atoms with Crippen molar-refractivity contribution in [1.29, 1.82) is 0 Å². The Bertz CT molecular complexity index is 1060. The van der Waals surface area contributed by atoms with Gasteiger partial charge >= 0.3 is 0 Å². The molecular formula is C36H50NO3. The third kappa shape index (κ3) is 15.5. The molecule has 1 aliphatic heterocycles. The van der Waals surface area contributed by atoms with Crippen LogP contribution in [0, 0.1) is 45.0 Å². The summed E-state index contributed by atoms with van der Waals surface area (Å²) in [5, 5.41) is 0. The number of rotatable bonds is 11. The van der Waals surface area contributed by atoms with Crippen molar-refractivity contribution in [2.24, 2.45) is 4.99 Å². The highest BCUT2D eigenvalue weighted by molar-refractivity contribution is 5.93. The molecule has 0 aromatic heterocycles. The summed E-state index contributed by atoms with van der Waals surface area (Å²) in [5.41, 5.74) is 5.54. The van der Waals surface area contributed by atoms with Crippen LogP contribution in [0.3, 0.4) is 0 Å². The summed E-state index contributed by atoms with van der Waals surface area (Å²) in [4.78, 5) is 4.23. The maximum Gasteiger partial charge on any atom is 0.268 e. The summed E-state index contributed by atoms with van der Waals surface area (Å²) in [6.45, 7) is 18.7. The monoisotopic (exact) mass is 544 g/mol. The summed E-state index contributed by atoms with van der Waals surface area (Å²) < 4.78 is 16.6. The van der Waals surface area contributed by atoms with Gasteiger partial charge in [-0.1, -0.05) is 68.2 Å². The lowest BCUT2D eigenvalue weighted by Gasteiger charge is -2.17. The molecule has 1 heterocycles. The zero-order valence-corrected chi connectivity index (χ0v) is 25.7. The van der Waals surface area contributed by atoms with Crippen LogP contribution in [0.2, 0.25) is 0 Å². The van der Waals surface area contributed by atoms with Crippen LogP contribution in [0.25, 0.3) is 0 Å². The van der Waals surface area contributed by atoms with Crippen LogP contribution in [0.4, 0.5) is 0 Å². The molecule has 3 atom stereocenters. The van der Waals surface area contributed by atoms with Gasteiger partial charge in [0.2, 0.25) is 0 Å². The van der Waals surface area contributed by atoms with Gasteiger partial charge in [0.1, 0.15) is 6.10 Å². The van der Waals surface area contributed by atoms with Crippen molar-refractivity contribution >= 4 is 5.90 Å². The van der Waals surface area contributed by atoms with E-state index in [2.05, 4.69) is 74.9 Å². The minimum Gasteiger partial charge on any atom is -0.466 e. The van der Waals surface area contributed by atoms with E-state index < -0.39 is 0 Å². The Morgan fingerprint density at radius 1 is 1.25 bits per heavy atom. The van der Waals surface area contributed by atoms with Crippen LogP contribution in [-0.4, -0.2) is 37.9 Å². The Morgan fingerprint density at radius 3 is 2.52 bits per heavy atom. The van der Waals surface area contributed by atoms with Crippen molar-refractivity contribution in [2.45, 2.75) is 98.2 Å². The summed E-state index contributed by atoms with van der Waals surface area (Å²) >= 11 is 0. The van der Waals surface area contributed by atoms with Gasteiger partial charge in [0.15, 0.2) is 0 Å². The average molecular weight is 545 g/mol. The molecule has 40 heavy (non-hydrogen) atoms. The van der Waals surface area contributed by atoms with E-state index >= 15 is 0 Å². The average Bonchev–Trinajstić information content (AvgIpc) is 3.76. The number of hydrogen-bond donors (Lipinski definition) is 0. The van der Waals surface area contributed by atoms with Crippen molar-refractivity contribution in [1.82, 2.24) is 0 Å². The molecule has 1 aromatic rings. The van der Waals surface area contributed by atoms with Crippen LogP contribution in [0.1, 0.15) is 88.8 Å². The Kier molecular flexibility index (Phi) is 18.2. The summed E-state index contributed by atoms with van der Waals surface area (Å²) in [5.74, 6) is 5.27. The Labute approximate surface area is 245 Å². The lowest BCUT2D eigenvalue weighted by molar-refractivity contribution is 0.0285. The van der Waals surface area contributed by atoms with Crippen LogP contribution < -0.4 is 0 Å². The van der Waals surface area contributed by atoms with Crippen molar-refractivity contribution < 1.29 is 14.2 Å². The molecule has 0 N–H and O–H groups in total. The maximum absolute atomic E-state index is 5.78. The topological polar surface area (TPSA) is 40.0 Å². The summed E-state index contributed by atoms with van der Waals surface area (Å²) in [7, 11) is 0. The van der Waals surface area contributed by atoms with E-state index in [0.717, 1.165) is 41.7 Å². The van der Waals surface area contributed by atoms with E-state index in [9.17, 15) is 0 Å². The van der Waals surface area contributed by atoms with E-state index in [1.807, 2.05) is 20.8 Å². The number of ether oxygens (including phenoxy) is 3. The van der Waals surface area contributed by atoms with Crippen molar-refractivity contribution in [3.05, 3.63) is 77.4 Å². The van der Waals surface area contributed by atoms with Gasteiger partial charge in [0.05, 0.1) is 18.6 Å². The zero-order chi connectivity index (χ0) is 29.8. The first-order chi connectivity index (χ1) is 19.2. The Hall–Kier alpha value is -3.05. The highest BCUT2D eigenvalue weighted by Gasteiger charge is 2.13. The molecule has 2 unspecified atom stereocenters. The third-order valence-corrected chi connectivity index (χ3v) is 6.12. The van der Waals surface area contributed by atoms with Gasteiger partial charge in [-0.25, -0.2) is 4.99 Å². The van der Waals surface area contributed by atoms with Crippen LogP contribution >= 0.6 is 0 Å². The van der Waals surface area contributed by atoms with E-state index in [4.69, 9.17) is 27.1 Å². The number of allylic oxidation sites excluding steroid dienone is 4. The molecule has 0 saturated carbocycles. The highest BCUT2D eigenvalue weighted by atomic mass is 16.5. The molecule has 1 aliphatic carbocycles. The number of hydrogen-bond acceptors (Lipinski definition) is 4.